The van der Waals surface area contributed by atoms with Crippen molar-refractivity contribution in [1.29, 1.82) is 0 Å². The molecule has 0 unspecified atom stereocenters. The SMILES string of the molecule is CC(/C=C(/C)O)=NC1CCCCC1.Cc1cccc2nc3c(cc12)C(C)(C)c1cccc2nc[c-]c-3c12.[Ir]. The standard InChI is InChI=1S/C22H17N2.C11H19NO.Ir/c1-13-6-4-8-18-15(13)12-17-21(24-18)14-10-11-23-19-9-5-7-16(20(14)19)22(17,2)3;1-9(8-10(2)13)12-11-6-4-3-5-7-11;/h4-9,11-12H,1-3H3;8,11,13H,3-7H2,1-2H3;/q-1;;/b;10-8-,12-9?;. The molecule has 2 aromatic carbocycles. The molecule has 0 amide bonds. The molecule has 199 valence electrons. The summed E-state index contributed by atoms with van der Waals surface area (Å²) >= 11 is 0. The number of fused-ring (bicyclic) bond motifs is 3. The molecular formula is C33H36IrN3O-. The second-order valence-electron chi connectivity index (χ2n) is 11.0. The van der Waals surface area contributed by atoms with Crippen LogP contribution in [0, 0.1) is 13.0 Å². The predicted molar refractivity (Wildman–Crippen MR) is 155 cm³/mol. The van der Waals surface area contributed by atoms with Crippen LogP contribution in [0.25, 0.3) is 33.1 Å². The number of aliphatic hydroxyl groups excluding tert-OH is 1. The van der Waals surface area contributed by atoms with Crippen molar-refractivity contribution in [3.8, 4) is 11.3 Å². The average Bonchev–Trinajstić information content (AvgIpc) is 2.87. The zero-order valence-electron chi connectivity index (χ0n) is 22.9. The van der Waals surface area contributed by atoms with E-state index in [1.165, 1.54) is 59.6 Å². The zero-order chi connectivity index (χ0) is 26.2. The van der Waals surface area contributed by atoms with E-state index in [0.29, 0.717) is 11.8 Å². The predicted octanol–water partition coefficient (Wildman–Crippen LogP) is 8.44. The van der Waals surface area contributed by atoms with Gasteiger partial charge in [0.15, 0.2) is 0 Å². The molecule has 5 heteroatoms. The molecule has 38 heavy (non-hydrogen) atoms. The monoisotopic (exact) mass is 683 g/mol. The van der Waals surface area contributed by atoms with Crippen LogP contribution in [-0.2, 0) is 25.5 Å². The van der Waals surface area contributed by atoms with E-state index in [0.717, 1.165) is 28.0 Å². The number of hydrogen-bond donors (Lipinski definition) is 1. The van der Waals surface area contributed by atoms with Gasteiger partial charge in [-0.3, -0.25) is 9.98 Å². The quantitative estimate of drug-likeness (QED) is 0.131. The Kier molecular flexibility index (Phi) is 8.49. The topological polar surface area (TPSA) is 58.4 Å². The van der Waals surface area contributed by atoms with Gasteiger partial charge in [0.25, 0.3) is 0 Å². The van der Waals surface area contributed by atoms with Crippen LogP contribution >= 0.6 is 0 Å². The van der Waals surface area contributed by atoms with Crippen LogP contribution < -0.4 is 0 Å². The zero-order valence-corrected chi connectivity index (χ0v) is 25.3. The summed E-state index contributed by atoms with van der Waals surface area (Å²) in [7, 11) is 0. The van der Waals surface area contributed by atoms with Gasteiger partial charge in [-0.25, -0.2) is 0 Å². The van der Waals surface area contributed by atoms with Crippen molar-refractivity contribution in [3.63, 3.8) is 0 Å². The number of nitrogens with zero attached hydrogens (tertiary/aromatic N) is 3. The van der Waals surface area contributed by atoms with E-state index in [1.54, 1.807) is 19.2 Å². The van der Waals surface area contributed by atoms with Crippen LogP contribution in [-0.4, -0.2) is 26.8 Å². The third-order valence-electron chi connectivity index (χ3n) is 7.74. The minimum absolute atomic E-state index is 0. The maximum absolute atomic E-state index is 9.03. The Hall–Kier alpha value is -2.88. The average molecular weight is 683 g/mol. The van der Waals surface area contributed by atoms with Gasteiger partial charge in [-0.1, -0.05) is 80.0 Å². The number of pyridine rings is 2. The molecule has 0 bridgehead atoms. The molecule has 0 spiro atoms. The molecule has 2 aliphatic rings. The molecule has 1 N–H and O–H groups in total. The van der Waals surface area contributed by atoms with Gasteiger partial charge in [0.2, 0.25) is 0 Å². The Morgan fingerprint density at radius 2 is 1.74 bits per heavy atom. The van der Waals surface area contributed by atoms with E-state index in [1.807, 2.05) is 6.92 Å². The van der Waals surface area contributed by atoms with Crippen molar-refractivity contribution < 1.29 is 25.2 Å². The van der Waals surface area contributed by atoms with Gasteiger partial charge in [0, 0.05) is 36.7 Å². The van der Waals surface area contributed by atoms with Crippen LogP contribution in [0.4, 0.5) is 0 Å². The van der Waals surface area contributed by atoms with E-state index in [9.17, 15) is 0 Å². The summed E-state index contributed by atoms with van der Waals surface area (Å²) in [5.41, 5.74) is 8.87. The van der Waals surface area contributed by atoms with E-state index in [4.69, 9.17) is 10.1 Å². The minimum atomic E-state index is -0.109. The maximum Gasteiger partial charge on any atom is 0.0909 e. The molecule has 2 heterocycles. The fraction of sp³-hybridized carbons (Fsp3) is 0.364. The van der Waals surface area contributed by atoms with Crippen LogP contribution in [0.2, 0.25) is 0 Å². The van der Waals surface area contributed by atoms with Gasteiger partial charge in [-0.2, -0.15) is 11.6 Å². The van der Waals surface area contributed by atoms with Gasteiger partial charge in [-0.05, 0) is 74.7 Å². The van der Waals surface area contributed by atoms with Crippen molar-refractivity contribution in [3.05, 3.63) is 83.3 Å². The van der Waals surface area contributed by atoms with Gasteiger partial charge in [-0.15, -0.1) is 0 Å². The normalized spacial score (nSPS) is 16.9. The first kappa shape index (κ1) is 28.1. The first-order valence-corrected chi connectivity index (χ1v) is 13.4. The smallest absolute Gasteiger partial charge is 0.0909 e. The van der Waals surface area contributed by atoms with Crippen molar-refractivity contribution in [1.82, 2.24) is 9.97 Å². The molecule has 6 rings (SSSR count). The van der Waals surface area contributed by atoms with Crippen LogP contribution in [0.15, 0.2) is 65.5 Å². The first-order valence-electron chi connectivity index (χ1n) is 13.4. The number of aryl methyl sites for hydroxylation is 1. The number of aliphatic hydroxyl groups is 1. The van der Waals surface area contributed by atoms with Gasteiger partial charge in [0.1, 0.15) is 0 Å². The van der Waals surface area contributed by atoms with Gasteiger partial charge >= 0.3 is 0 Å². The van der Waals surface area contributed by atoms with Crippen molar-refractivity contribution in [2.45, 2.75) is 78.2 Å². The summed E-state index contributed by atoms with van der Waals surface area (Å²) in [6, 6.07) is 18.9. The Bertz CT molecular complexity index is 1520. The van der Waals surface area contributed by atoms with E-state index in [-0.39, 0.29) is 25.5 Å². The maximum atomic E-state index is 9.03. The summed E-state index contributed by atoms with van der Waals surface area (Å²) in [5, 5.41) is 11.5. The molecule has 0 atom stereocenters. The van der Waals surface area contributed by atoms with E-state index < -0.39 is 0 Å². The molecule has 1 saturated carbocycles. The number of hydrogen-bond acceptors (Lipinski definition) is 4. The second kappa shape index (κ2) is 11.5. The number of aromatic nitrogens is 2. The van der Waals surface area contributed by atoms with Crippen molar-refractivity contribution in [2.75, 3.05) is 0 Å². The van der Waals surface area contributed by atoms with Crippen LogP contribution in [0.3, 0.4) is 0 Å². The molecule has 1 fully saturated rings. The van der Waals surface area contributed by atoms with Crippen LogP contribution in [0.1, 0.15) is 76.5 Å². The molecule has 2 aromatic heterocycles. The number of allylic oxidation sites excluding steroid dienone is 2. The largest absolute Gasteiger partial charge is 0.513 e. The van der Waals surface area contributed by atoms with Crippen molar-refractivity contribution >= 4 is 27.5 Å². The molecular weight excluding hydrogens is 647 g/mol. The fourth-order valence-corrected chi connectivity index (χ4v) is 5.85. The first-order chi connectivity index (χ1) is 17.8. The van der Waals surface area contributed by atoms with E-state index >= 15 is 0 Å². The number of rotatable bonds is 2. The fourth-order valence-electron chi connectivity index (χ4n) is 5.85. The molecule has 4 nitrogen and oxygen atoms in total. The Morgan fingerprint density at radius 3 is 2.47 bits per heavy atom. The third-order valence-corrected chi connectivity index (χ3v) is 7.74. The van der Waals surface area contributed by atoms with Gasteiger partial charge < -0.3 is 10.1 Å². The summed E-state index contributed by atoms with van der Waals surface area (Å²) in [6.45, 7) is 10.3. The number of aliphatic imine (C=N–C) groups is 1. The summed E-state index contributed by atoms with van der Waals surface area (Å²) in [6.07, 6.45) is 9.91. The Labute approximate surface area is 239 Å². The molecule has 0 aliphatic heterocycles. The van der Waals surface area contributed by atoms with Gasteiger partial charge in [0.05, 0.1) is 17.3 Å². The van der Waals surface area contributed by atoms with E-state index in [2.05, 4.69) is 79.3 Å². The molecule has 4 aromatic rings. The minimum Gasteiger partial charge on any atom is -0.513 e. The Morgan fingerprint density at radius 1 is 1.03 bits per heavy atom. The molecule has 0 saturated heterocycles. The van der Waals surface area contributed by atoms with Crippen LogP contribution in [0.5, 0.6) is 0 Å². The second-order valence-corrected chi connectivity index (χ2v) is 11.0. The number of benzene rings is 2. The Balaban J connectivity index is 0.000000207. The van der Waals surface area contributed by atoms with Crippen molar-refractivity contribution in [2.24, 2.45) is 4.99 Å². The summed E-state index contributed by atoms with van der Waals surface area (Å²) in [5.74, 6) is 0.344. The third kappa shape index (κ3) is 5.46. The molecule has 1 radical (unpaired) electrons. The molecule has 2 aliphatic carbocycles. The summed E-state index contributed by atoms with van der Waals surface area (Å²) in [4.78, 5) is 14.1. The summed E-state index contributed by atoms with van der Waals surface area (Å²) < 4.78 is 0.